The molecule has 2 aromatic rings. The third-order valence-corrected chi connectivity index (χ3v) is 3.34. The van der Waals surface area contributed by atoms with Crippen LogP contribution in [0.3, 0.4) is 0 Å². The molecule has 1 heterocycles. The molecule has 0 fully saturated rings. The van der Waals surface area contributed by atoms with Crippen LogP contribution >= 0.6 is 0 Å². The minimum absolute atomic E-state index is 0.0624. The number of hydrogen-bond acceptors (Lipinski definition) is 4. The molecule has 6 nitrogen and oxygen atoms in total. The Hall–Kier alpha value is -2.76. The summed E-state index contributed by atoms with van der Waals surface area (Å²) in [5, 5.41) is 2.75. The summed E-state index contributed by atoms with van der Waals surface area (Å²) in [6.45, 7) is 3.91. The van der Waals surface area contributed by atoms with Gasteiger partial charge in [0, 0.05) is 6.54 Å². The molecule has 0 bridgehead atoms. The quantitative estimate of drug-likeness (QED) is 0.889. The largest absolute Gasteiger partial charge is 0.495 e. The molecule has 122 valence electrons. The number of furan rings is 1. The van der Waals surface area contributed by atoms with E-state index in [1.807, 2.05) is 13.0 Å². The molecule has 0 aliphatic rings. The van der Waals surface area contributed by atoms with Gasteiger partial charge in [-0.05, 0) is 38.1 Å². The molecular weight excluding hydrogens is 296 g/mol. The van der Waals surface area contributed by atoms with E-state index in [1.54, 1.807) is 37.3 Å². The van der Waals surface area contributed by atoms with Gasteiger partial charge >= 0.3 is 0 Å². The van der Waals surface area contributed by atoms with Gasteiger partial charge in [0.15, 0.2) is 5.76 Å². The van der Waals surface area contributed by atoms with Crippen molar-refractivity contribution >= 4 is 17.5 Å². The van der Waals surface area contributed by atoms with Crippen LogP contribution in [0, 0.1) is 6.92 Å². The van der Waals surface area contributed by atoms with E-state index in [9.17, 15) is 9.59 Å². The number of carbonyl (C=O) groups is 2. The van der Waals surface area contributed by atoms with Crippen LogP contribution in [-0.2, 0) is 4.79 Å². The first-order valence-electron chi connectivity index (χ1n) is 7.33. The SMILES string of the molecule is CCN(CC(=O)Nc1ccccc1OC)C(=O)c1ccc(C)o1. The number of hydrogen-bond donors (Lipinski definition) is 1. The molecule has 6 heteroatoms. The molecule has 0 spiro atoms. The van der Waals surface area contributed by atoms with Crippen molar-refractivity contribution < 1.29 is 18.7 Å². The molecule has 0 saturated heterocycles. The number of amides is 2. The fourth-order valence-electron chi connectivity index (χ4n) is 2.14. The van der Waals surface area contributed by atoms with Crippen molar-refractivity contribution in [2.24, 2.45) is 0 Å². The van der Waals surface area contributed by atoms with E-state index in [1.165, 1.54) is 12.0 Å². The highest BCUT2D eigenvalue weighted by atomic mass is 16.5. The summed E-state index contributed by atoms with van der Waals surface area (Å²) < 4.78 is 10.5. The summed E-state index contributed by atoms with van der Waals surface area (Å²) in [5.41, 5.74) is 0.567. The van der Waals surface area contributed by atoms with Gasteiger partial charge in [-0.25, -0.2) is 0 Å². The number of carbonyl (C=O) groups excluding carboxylic acids is 2. The zero-order chi connectivity index (χ0) is 16.8. The van der Waals surface area contributed by atoms with Crippen LogP contribution in [-0.4, -0.2) is 36.9 Å². The van der Waals surface area contributed by atoms with Gasteiger partial charge < -0.3 is 19.4 Å². The Morgan fingerprint density at radius 2 is 1.96 bits per heavy atom. The van der Waals surface area contributed by atoms with Crippen LogP contribution in [0.5, 0.6) is 5.75 Å². The van der Waals surface area contributed by atoms with Gasteiger partial charge in [0.25, 0.3) is 5.91 Å². The second kappa shape index (κ2) is 7.49. The number of para-hydroxylation sites is 2. The number of rotatable bonds is 6. The van der Waals surface area contributed by atoms with Gasteiger partial charge in [0.1, 0.15) is 18.1 Å². The van der Waals surface area contributed by atoms with Crippen LogP contribution in [0.1, 0.15) is 23.2 Å². The first-order valence-corrected chi connectivity index (χ1v) is 7.33. The molecule has 2 amide bonds. The van der Waals surface area contributed by atoms with Crippen molar-refractivity contribution in [1.82, 2.24) is 4.90 Å². The Morgan fingerprint density at radius 1 is 1.22 bits per heavy atom. The van der Waals surface area contributed by atoms with Crippen LogP contribution in [0.25, 0.3) is 0 Å². The smallest absolute Gasteiger partial charge is 0.290 e. The van der Waals surface area contributed by atoms with Crippen molar-refractivity contribution in [1.29, 1.82) is 0 Å². The maximum absolute atomic E-state index is 12.3. The van der Waals surface area contributed by atoms with E-state index in [-0.39, 0.29) is 24.1 Å². The zero-order valence-corrected chi connectivity index (χ0v) is 13.5. The van der Waals surface area contributed by atoms with Crippen molar-refractivity contribution in [3.05, 3.63) is 47.9 Å². The molecule has 1 aromatic carbocycles. The number of ether oxygens (including phenoxy) is 1. The lowest BCUT2D eigenvalue weighted by atomic mass is 10.3. The van der Waals surface area contributed by atoms with Crippen molar-refractivity contribution in [2.45, 2.75) is 13.8 Å². The third kappa shape index (κ3) is 4.12. The van der Waals surface area contributed by atoms with Gasteiger partial charge in [-0.15, -0.1) is 0 Å². The zero-order valence-electron chi connectivity index (χ0n) is 13.5. The normalized spacial score (nSPS) is 10.2. The number of nitrogens with one attached hydrogen (secondary N) is 1. The molecule has 0 aliphatic carbocycles. The molecular formula is C17H20N2O4. The minimum Gasteiger partial charge on any atom is -0.495 e. The second-order valence-electron chi connectivity index (χ2n) is 4.98. The van der Waals surface area contributed by atoms with E-state index in [4.69, 9.17) is 9.15 Å². The summed E-state index contributed by atoms with van der Waals surface area (Å²) >= 11 is 0. The van der Waals surface area contributed by atoms with Gasteiger partial charge in [-0.3, -0.25) is 9.59 Å². The highest BCUT2D eigenvalue weighted by molar-refractivity contribution is 5.98. The molecule has 2 rings (SSSR count). The fraction of sp³-hybridized carbons (Fsp3) is 0.294. The molecule has 0 aliphatic heterocycles. The maximum atomic E-state index is 12.3. The molecule has 0 radical (unpaired) electrons. The topological polar surface area (TPSA) is 71.8 Å². The van der Waals surface area contributed by atoms with Crippen LogP contribution in [0.15, 0.2) is 40.8 Å². The van der Waals surface area contributed by atoms with Gasteiger partial charge in [0.2, 0.25) is 5.91 Å². The van der Waals surface area contributed by atoms with E-state index in [0.29, 0.717) is 23.7 Å². The van der Waals surface area contributed by atoms with Crippen molar-refractivity contribution in [3.8, 4) is 5.75 Å². The highest BCUT2D eigenvalue weighted by Crippen LogP contribution is 2.22. The third-order valence-electron chi connectivity index (χ3n) is 3.34. The number of methoxy groups -OCH3 is 1. The average molecular weight is 316 g/mol. The summed E-state index contributed by atoms with van der Waals surface area (Å²) in [7, 11) is 1.53. The van der Waals surface area contributed by atoms with Gasteiger partial charge in [0.05, 0.1) is 12.8 Å². The first-order chi connectivity index (χ1) is 11.0. The van der Waals surface area contributed by atoms with E-state index in [2.05, 4.69) is 5.32 Å². The summed E-state index contributed by atoms with van der Waals surface area (Å²) in [6, 6.07) is 10.4. The van der Waals surface area contributed by atoms with Crippen molar-refractivity contribution in [2.75, 3.05) is 25.5 Å². The summed E-state index contributed by atoms with van der Waals surface area (Å²) in [6.07, 6.45) is 0. The fourth-order valence-corrected chi connectivity index (χ4v) is 2.14. The molecule has 0 atom stereocenters. The Bertz CT molecular complexity index is 693. The van der Waals surface area contributed by atoms with Gasteiger partial charge in [-0.2, -0.15) is 0 Å². The molecule has 23 heavy (non-hydrogen) atoms. The minimum atomic E-state index is -0.309. The molecule has 1 aromatic heterocycles. The van der Waals surface area contributed by atoms with E-state index >= 15 is 0 Å². The second-order valence-corrected chi connectivity index (χ2v) is 4.98. The predicted molar refractivity (Wildman–Crippen MR) is 86.6 cm³/mol. The Kier molecular flexibility index (Phi) is 5.41. The Morgan fingerprint density at radius 3 is 2.57 bits per heavy atom. The Balaban J connectivity index is 2.03. The number of benzene rings is 1. The predicted octanol–water partition coefficient (Wildman–Crippen LogP) is 2.70. The molecule has 0 saturated carbocycles. The Labute approximate surface area is 135 Å². The number of nitrogens with zero attached hydrogens (tertiary/aromatic N) is 1. The maximum Gasteiger partial charge on any atom is 0.290 e. The van der Waals surface area contributed by atoms with E-state index < -0.39 is 0 Å². The van der Waals surface area contributed by atoms with Gasteiger partial charge in [-0.1, -0.05) is 12.1 Å². The van der Waals surface area contributed by atoms with Crippen LogP contribution in [0.4, 0.5) is 5.69 Å². The lowest BCUT2D eigenvalue weighted by Gasteiger charge is -2.19. The highest BCUT2D eigenvalue weighted by Gasteiger charge is 2.20. The van der Waals surface area contributed by atoms with Crippen molar-refractivity contribution in [3.63, 3.8) is 0 Å². The summed E-state index contributed by atoms with van der Waals surface area (Å²) in [4.78, 5) is 25.9. The lowest BCUT2D eigenvalue weighted by molar-refractivity contribution is -0.116. The molecule has 0 unspecified atom stereocenters. The number of anilines is 1. The first kappa shape index (κ1) is 16.6. The standard InChI is InChI=1S/C17H20N2O4/c1-4-19(17(21)15-10-9-12(2)23-15)11-16(20)18-13-7-5-6-8-14(13)22-3/h5-10H,4,11H2,1-3H3,(H,18,20). The molecule has 1 N–H and O–H groups in total. The van der Waals surface area contributed by atoms with E-state index in [0.717, 1.165) is 0 Å². The number of aryl methyl sites for hydroxylation is 1. The lowest BCUT2D eigenvalue weighted by Crippen LogP contribution is -2.37. The monoisotopic (exact) mass is 316 g/mol. The number of likely N-dealkylation sites (N-methyl/N-ethyl adjacent to an activating group) is 1. The average Bonchev–Trinajstić information content (AvgIpc) is 2.99. The summed E-state index contributed by atoms with van der Waals surface area (Å²) in [5.74, 6) is 0.845. The van der Waals surface area contributed by atoms with Crippen LogP contribution < -0.4 is 10.1 Å². The van der Waals surface area contributed by atoms with Crippen LogP contribution in [0.2, 0.25) is 0 Å².